The molecule has 7 heteroatoms. The summed E-state index contributed by atoms with van der Waals surface area (Å²) in [5, 5.41) is 11.5. The molecule has 0 saturated carbocycles. The number of hydrogen-bond donors (Lipinski definition) is 2. The number of carboxylic acid groups (broad SMARTS) is 1. The van der Waals surface area contributed by atoms with Crippen molar-refractivity contribution < 1.29 is 24.2 Å². The van der Waals surface area contributed by atoms with E-state index in [-0.39, 0.29) is 25.0 Å². The molecule has 1 aromatic carbocycles. The standard InChI is InChI=1S/C17H26N2O5/c1-5-10-24-14-7-6-13(11-15(14)23-4)12(2)18-17(22)19(3)9-8-16(20)21/h6-7,11-12H,5,8-10H2,1-4H3,(H,18,22)(H,20,21). The van der Waals surface area contributed by atoms with Gasteiger partial charge >= 0.3 is 12.0 Å². The van der Waals surface area contributed by atoms with E-state index >= 15 is 0 Å². The van der Waals surface area contributed by atoms with E-state index in [1.54, 1.807) is 14.2 Å². The third kappa shape index (κ3) is 5.98. The molecule has 134 valence electrons. The van der Waals surface area contributed by atoms with Crippen LogP contribution in [0.1, 0.15) is 38.3 Å². The van der Waals surface area contributed by atoms with Crippen molar-refractivity contribution in [2.75, 3.05) is 27.3 Å². The molecule has 1 atom stereocenters. The number of aliphatic carboxylic acids is 1. The normalized spacial score (nSPS) is 11.5. The molecule has 0 aliphatic carbocycles. The van der Waals surface area contributed by atoms with E-state index in [0.29, 0.717) is 18.1 Å². The molecule has 1 rings (SSSR count). The predicted molar refractivity (Wildman–Crippen MR) is 90.6 cm³/mol. The summed E-state index contributed by atoms with van der Waals surface area (Å²) in [6.07, 6.45) is 0.815. The summed E-state index contributed by atoms with van der Waals surface area (Å²) in [6, 6.07) is 4.94. The molecule has 0 spiro atoms. The van der Waals surface area contributed by atoms with Gasteiger partial charge in [-0.15, -0.1) is 0 Å². The fourth-order valence-electron chi connectivity index (χ4n) is 2.03. The first-order chi connectivity index (χ1) is 11.4. The van der Waals surface area contributed by atoms with Gasteiger partial charge in [-0.1, -0.05) is 13.0 Å². The van der Waals surface area contributed by atoms with Gasteiger partial charge in [0.05, 0.1) is 26.2 Å². The Bertz CT molecular complexity index is 562. The van der Waals surface area contributed by atoms with E-state index < -0.39 is 5.97 Å². The highest BCUT2D eigenvalue weighted by molar-refractivity contribution is 5.75. The zero-order chi connectivity index (χ0) is 18.1. The van der Waals surface area contributed by atoms with Crippen LogP contribution in [0.2, 0.25) is 0 Å². The molecule has 0 fully saturated rings. The molecular weight excluding hydrogens is 312 g/mol. The number of methoxy groups -OCH3 is 1. The Morgan fingerprint density at radius 1 is 1.33 bits per heavy atom. The van der Waals surface area contributed by atoms with Crippen molar-refractivity contribution >= 4 is 12.0 Å². The second kappa shape index (κ2) is 9.64. The Kier molecular flexibility index (Phi) is 7.88. The van der Waals surface area contributed by atoms with Crippen molar-refractivity contribution in [3.8, 4) is 11.5 Å². The van der Waals surface area contributed by atoms with Crippen LogP contribution >= 0.6 is 0 Å². The monoisotopic (exact) mass is 338 g/mol. The van der Waals surface area contributed by atoms with Gasteiger partial charge in [-0.2, -0.15) is 0 Å². The van der Waals surface area contributed by atoms with Crippen LogP contribution in [-0.4, -0.2) is 49.3 Å². The number of benzene rings is 1. The highest BCUT2D eigenvalue weighted by Gasteiger charge is 2.16. The molecule has 24 heavy (non-hydrogen) atoms. The number of ether oxygens (including phenoxy) is 2. The third-order valence-corrected chi connectivity index (χ3v) is 3.50. The predicted octanol–water partition coefficient (Wildman–Crippen LogP) is 2.66. The zero-order valence-electron chi connectivity index (χ0n) is 14.7. The zero-order valence-corrected chi connectivity index (χ0v) is 14.7. The van der Waals surface area contributed by atoms with Crippen LogP contribution in [0.25, 0.3) is 0 Å². The van der Waals surface area contributed by atoms with Crippen LogP contribution in [0.15, 0.2) is 18.2 Å². The van der Waals surface area contributed by atoms with Crippen LogP contribution < -0.4 is 14.8 Å². The summed E-state index contributed by atoms with van der Waals surface area (Å²) < 4.78 is 10.9. The smallest absolute Gasteiger partial charge is 0.317 e. The fraction of sp³-hybridized carbons (Fsp3) is 0.529. The molecule has 1 aromatic rings. The summed E-state index contributed by atoms with van der Waals surface area (Å²) in [5.74, 6) is 0.344. The maximum absolute atomic E-state index is 12.1. The minimum Gasteiger partial charge on any atom is -0.493 e. The van der Waals surface area contributed by atoms with Gasteiger partial charge in [-0.25, -0.2) is 4.79 Å². The van der Waals surface area contributed by atoms with Gasteiger partial charge in [0.15, 0.2) is 11.5 Å². The molecule has 0 aliphatic rings. The van der Waals surface area contributed by atoms with Gasteiger partial charge < -0.3 is 24.8 Å². The van der Waals surface area contributed by atoms with Gasteiger partial charge in [0, 0.05) is 13.6 Å². The molecule has 2 N–H and O–H groups in total. The Morgan fingerprint density at radius 2 is 2.04 bits per heavy atom. The van der Waals surface area contributed by atoms with Crippen LogP contribution in [-0.2, 0) is 4.79 Å². The van der Waals surface area contributed by atoms with Crippen LogP contribution in [0.3, 0.4) is 0 Å². The van der Waals surface area contributed by atoms with Crippen molar-refractivity contribution in [1.29, 1.82) is 0 Å². The molecule has 2 amide bonds. The number of carbonyl (C=O) groups is 2. The van der Waals surface area contributed by atoms with Gasteiger partial charge in [0.25, 0.3) is 0 Å². The average Bonchev–Trinajstić information content (AvgIpc) is 2.57. The lowest BCUT2D eigenvalue weighted by molar-refractivity contribution is -0.137. The number of urea groups is 1. The Hall–Kier alpha value is -2.44. The molecule has 0 aliphatic heterocycles. The van der Waals surface area contributed by atoms with Crippen molar-refractivity contribution in [2.24, 2.45) is 0 Å². The number of carboxylic acids is 1. The SMILES string of the molecule is CCCOc1ccc(C(C)NC(=O)N(C)CCC(=O)O)cc1OC. The lowest BCUT2D eigenvalue weighted by Gasteiger charge is -2.21. The molecule has 0 saturated heterocycles. The molecule has 0 radical (unpaired) electrons. The maximum Gasteiger partial charge on any atom is 0.317 e. The molecule has 1 unspecified atom stereocenters. The molecule has 0 heterocycles. The fourth-order valence-corrected chi connectivity index (χ4v) is 2.03. The molecule has 0 bridgehead atoms. The summed E-state index contributed by atoms with van der Waals surface area (Å²) in [4.78, 5) is 24.0. The molecular formula is C17H26N2O5. The summed E-state index contributed by atoms with van der Waals surface area (Å²) in [6.45, 7) is 4.64. The highest BCUT2D eigenvalue weighted by atomic mass is 16.5. The second-order valence-electron chi connectivity index (χ2n) is 5.50. The molecule has 7 nitrogen and oxygen atoms in total. The first-order valence-electron chi connectivity index (χ1n) is 7.93. The summed E-state index contributed by atoms with van der Waals surface area (Å²) in [5.41, 5.74) is 0.871. The number of hydrogen-bond acceptors (Lipinski definition) is 4. The van der Waals surface area contributed by atoms with Crippen LogP contribution in [0, 0.1) is 0 Å². The van der Waals surface area contributed by atoms with E-state index in [1.165, 1.54) is 4.90 Å². The Balaban J connectivity index is 2.71. The number of nitrogens with zero attached hydrogens (tertiary/aromatic N) is 1. The van der Waals surface area contributed by atoms with Crippen LogP contribution in [0.5, 0.6) is 11.5 Å². The summed E-state index contributed by atoms with van der Waals surface area (Å²) in [7, 11) is 3.13. The average molecular weight is 338 g/mol. The van der Waals surface area contributed by atoms with Crippen molar-refractivity contribution in [1.82, 2.24) is 10.2 Å². The van der Waals surface area contributed by atoms with Crippen LogP contribution in [0.4, 0.5) is 4.79 Å². The van der Waals surface area contributed by atoms with Gasteiger partial charge in [0.2, 0.25) is 0 Å². The van der Waals surface area contributed by atoms with Crippen molar-refractivity contribution in [3.63, 3.8) is 0 Å². The Morgan fingerprint density at radius 3 is 2.62 bits per heavy atom. The number of nitrogens with one attached hydrogen (secondary N) is 1. The van der Waals surface area contributed by atoms with E-state index in [2.05, 4.69) is 5.32 Å². The largest absolute Gasteiger partial charge is 0.493 e. The summed E-state index contributed by atoms with van der Waals surface area (Å²) >= 11 is 0. The quantitative estimate of drug-likeness (QED) is 0.723. The van der Waals surface area contributed by atoms with Crippen molar-refractivity contribution in [2.45, 2.75) is 32.7 Å². The van der Waals surface area contributed by atoms with E-state index in [9.17, 15) is 9.59 Å². The molecule has 0 aromatic heterocycles. The van der Waals surface area contributed by atoms with Gasteiger partial charge in [-0.05, 0) is 31.0 Å². The topological polar surface area (TPSA) is 88.1 Å². The third-order valence-electron chi connectivity index (χ3n) is 3.50. The van der Waals surface area contributed by atoms with E-state index in [0.717, 1.165) is 12.0 Å². The first kappa shape index (κ1) is 19.6. The van der Waals surface area contributed by atoms with Gasteiger partial charge in [0.1, 0.15) is 0 Å². The van der Waals surface area contributed by atoms with E-state index in [4.69, 9.17) is 14.6 Å². The minimum absolute atomic E-state index is 0.0877. The second-order valence-corrected chi connectivity index (χ2v) is 5.50. The maximum atomic E-state index is 12.1. The van der Waals surface area contributed by atoms with Gasteiger partial charge in [-0.3, -0.25) is 4.79 Å². The Labute approximate surface area is 142 Å². The lowest BCUT2D eigenvalue weighted by atomic mass is 10.1. The highest BCUT2D eigenvalue weighted by Crippen LogP contribution is 2.30. The van der Waals surface area contributed by atoms with E-state index in [1.807, 2.05) is 32.0 Å². The minimum atomic E-state index is -0.935. The first-order valence-corrected chi connectivity index (χ1v) is 7.93. The number of amides is 2. The number of carbonyl (C=O) groups excluding carboxylic acids is 1. The number of rotatable bonds is 9. The van der Waals surface area contributed by atoms with Crippen molar-refractivity contribution in [3.05, 3.63) is 23.8 Å². The lowest BCUT2D eigenvalue weighted by Crippen LogP contribution is -2.39.